The summed E-state index contributed by atoms with van der Waals surface area (Å²) in [7, 11) is 1.58. The van der Waals surface area contributed by atoms with Crippen molar-refractivity contribution in [2.45, 2.75) is 188 Å². The molecule has 0 aromatic rings. The van der Waals surface area contributed by atoms with Crippen molar-refractivity contribution in [2.24, 2.45) is 11.8 Å². The molecule has 13 unspecified atom stereocenters. The lowest BCUT2D eigenvalue weighted by Gasteiger charge is -2.46. The molecule has 8 bridgehead atoms. The van der Waals surface area contributed by atoms with Gasteiger partial charge in [0.05, 0.1) is 73.8 Å². The molecule has 298 valence electrons. The molecule has 0 spiro atoms. The van der Waals surface area contributed by atoms with E-state index < -0.39 is 79.9 Å². The Balaban J connectivity index is 1.11. The van der Waals surface area contributed by atoms with Crippen molar-refractivity contribution in [3.8, 4) is 0 Å². The van der Waals surface area contributed by atoms with E-state index in [1.165, 1.54) is 0 Å². The predicted octanol–water partition coefficient (Wildman–Crippen LogP) is 2.27. The highest BCUT2D eigenvalue weighted by Gasteiger charge is 2.57. The van der Waals surface area contributed by atoms with Crippen LogP contribution in [0, 0.1) is 11.8 Å². The summed E-state index contributed by atoms with van der Waals surface area (Å²) in [6.07, 6.45) is -3.55. The lowest BCUT2D eigenvalue weighted by atomic mass is 9.81. The Labute approximate surface area is 312 Å². The highest BCUT2D eigenvalue weighted by atomic mass is 16.6. The van der Waals surface area contributed by atoms with Crippen molar-refractivity contribution in [3.63, 3.8) is 0 Å². The van der Waals surface area contributed by atoms with Crippen molar-refractivity contribution in [3.05, 3.63) is 24.3 Å². The average molecular weight is 749 g/mol. The van der Waals surface area contributed by atoms with Gasteiger partial charge in [-0.3, -0.25) is 9.59 Å². The summed E-state index contributed by atoms with van der Waals surface area (Å²) in [5.41, 5.74) is 2.00. The van der Waals surface area contributed by atoms with Crippen molar-refractivity contribution >= 4 is 11.6 Å². The first-order valence-corrected chi connectivity index (χ1v) is 19.9. The summed E-state index contributed by atoms with van der Waals surface area (Å²) in [6, 6.07) is 0. The number of ketones is 2. The van der Waals surface area contributed by atoms with Gasteiger partial charge in [0.15, 0.2) is 0 Å². The largest absolute Gasteiger partial charge is 0.394 e. The number of Topliss-reactive ketones (excluding diaryl/α,β-unsaturated/α-hetero) is 2. The maximum Gasteiger partial charge on any atom is 0.135 e. The van der Waals surface area contributed by atoms with E-state index in [4.69, 9.17) is 33.2 Å². The molecule has 7 heterocycles. The Morgan fingerprint density at radius 3 is 2.23 bits per heavy atom. The average Bonchev–Trinajstić information content (AvgIpc) is 3.76. The van der Waals surface area contributed by atoms with Gasteiger partial charge in [-0.25, -0.2) is 0 Å². The summed E-state index contributed by atoms with van der Waals surface area (Å²) in [4.78, 5) is 27.0. The van der Waals surface area contributed by atoms with Crippen molar-refractivity contribution in [1.29, 1.82) is 0 Å². The van der Waals surface area contributed by atoms with Crippen LogP contribution in [0.15, 0.2) is 24.3 Å². The van der Waals surface area contributed by atoms with Gasteiger partial charge in [-0.15, -0.1) is 0 Å². The minimum atomic E-state index is -1.10. The molecule has 13 nitrogen and oxygen atoms in total. The molecular formula is C40H60O13. The van der Waals surface area contributed by atoms with E-state index in [0.29, 0.717) is 32.1 Å². The Bertz CT molecular complexity index is 1340. The van der Waals surface area contributed by atoms with Crippen LogP contribution in [0.2, 0.25) is 0 Å². The van der Waals surface area contributed by atoms with Gasteiger partial charge in [0, 0.05) is 51.6 Å². The zero-order chi connectivity index (χ0) is 37.6. The quantitative estimate of drug-likeness (QED) is 0.308. The lowest BCUT2D eigenvalue weighted by Crippen LogP contribution is -2.61. The molecule has 13 heteroatoms. The Morgan fingerprint density at radius 1 is 0.736 bits per heavy atom. The fourth-order valence-electron chi connectivity index (χ4n) is 10.1. The monoisotopic (exact) mass is 748 g/mol. The summed E-state index contributed by atoms with van der Waals surface area (Å²) >= 11 is 0. The fourth-order valence-corrected chi connectivity index (χ4v) is 10.1. The number of ether oxygens (including phenoxy) is 7. The van der Waals surface area contributed by atoms with Gasteiger partial charge >= 0.3 is 0 Å². The number of hydrogen-bond acceptors (Lipinski definition) is 13. The van der Waals surface area contributed by atoms with Crippen LogP contribution in [0.5, 0.6) is 0 Å². The number of aliphatic hydroxyl groups is 4. The van der Waals surface area contributed by atoms with Crippen molar-refractivity contribution in [2.75, 3.05) is 13.7 Å². The van der Waals surface area contributed by atoms with Crippen LogP contribution in [0.1, 0.15) is 90.4 Å². The normalized spacial score (nSPS) is 47.7. The zero-order valence-corrected chi connectivity index (χ0v) is 31.2. The molecule has 0 saturated carbocycles. The second-order valence-corrected chi connectivity index (χ2v) is 16.8. The number of rotatable bonds is 4. The molecule has 0 amide bonds. The molecular weight excluding hydrogens is 688 g/mol. The van der Waals surface area contributed by atoms with Gasteiger partial charge in [-0.1, -0.05) is 20.1 Å². The second kappa shape index (κ2) is 16.9. The molecule has 18 atom stereocenters. The van der Waals surface area contributed by atoms with Crippen LogP contribution >= 0.6 is 0 Å². The fraction of sp³-hybridized carbons (Fsp3) is 0.850. The molecule has 0 radical (unpaired) electrons. The molecule has 53 heavy (non-hydrogen) atoms. The van der Waals surface area contributed by atoms with E-state index in [2.05, 4.69) is 20.1 Å². The summed E-state index contributed by atoms with van der Waals surface area (Å²) in [5, 5.41) is 42.6. The summed E-state index contributed by atoms with van der Waals surface area (Å²) < 4.78 is 44.3. The lowest BCUT2D eigenvalue weighted by molar-refractivity contribution is -0.259. The minimum absolute atomic E-state index is 0.00643. The molecule has 7 aliphatic rings. The maximum absolute atomic E-state index is 13.9. The Hall–Kier alpha value is -1.62. The highest BCUT2D eigenvalue weighted by molar-refractivity contribution is 5.79. The van der Waals surface area contributed by atoms with Gasteiger partial charge in [0.2, 0.25) is 0 Å². The van der Waals surface area contributed by atoms with E-state index in [1.54, 1.807) is 7.11 Å². The van der Waals surface area contributed by atoms with Crippen LogP contribution in [-0.2, 0) is 42.7 Å². The number of fused-ring (bicyclic) bond motifs is 7. The summed E-state index contributed by atoms with van der Waals surface area (Å²) in [5.74, 6) is -0.221. The molecule has 4 N–H and O–H groups in total. The SMILES string of the molecule is C=C1CC2CCC(=O)C[C@H]3OC4C(OC5CCC(CC(=O)CC6C(CC7O[C@@H](CCC1O2)C[C@@H](C)C7=C)OC(CC(O)CO)[C@@H]6OC)O[C@@H]5C4O)C3O. The first-order chi connectivity index (χ1) is 25.4. The summed E-state index contributed by atoms with van der Waals surface area (Å²) in [6.45, 7) is 10.4. The number of carbonyl (C=O) groups excluding carboxylic acids is 2. The van der Waals surface area contributed by atoms with Crippen LogP contribution < -0.4 is 0 Å². The maximum atomic E-state index is 13.9. The number of aliphatic hydroxyl groups excluding tert-OH is 4. The number of carbonyl (C=O) groups is 2. The smallest absolute Gasteiger partial charge is 0.135 e. The molecule has 7 saturated heterocycles. The third-order valence-electron chi connectivity index (χ3n) is 13.1. The first kappa shape index (κ1) is 39.6. The molecule has 7 aliphatic heterocycles. The minimum Gasteiger partial charge on any atom is -0.394 e. The van der Waals surface area contributed by atoms with Crippen molar-refractivity contribution in [1.82, 2.24) is 0 Å². The number of hydrogen-bond donors (Lipinski definition) is 4. The molecule has 7 fully saturated rings. The topological polar surface area (TPSA) is 180 Å². The zero-order valence-electron chi connectivity index (χ0n) is 31.2. The van der Waals surface area contributed by atoms with E-state index in [1.807, 2.05) is 0 Å². The molecule has 0 aromatic heterocycles. The second-order valence-electron chi connectivity index (χ2n) is 16.8. The van der Waals surface area contributed by atoms with Gasteiger partial charge in [0.1, 0.15) is 42.1 Å². The Kier molecular flexibility index (Phi) is 12.6. The third-order valence-corrected chi connectivity index (χ3v) is 13.1. The third kappa shape index (κ3) is 8.56. The Morgan fingerprint density at radius 2 is 1.45 bits per heavy atom. The van der Waals surface area contributed by atoms with Crippen LogP contribution in [-0.4, -0.2) is 143 Å². The van der Waals surface area contributed by atoms with E-state index in [9.17, 15) is 30.0 Å². The molecule has 0 aromatic carbocycles. The van der Waals surface area contributed by atoms with Gasteiger partial charge in [-0.05, 0) is 62.0 Å². The van der Waals surface area contributed by atoms with E-state index >= 15 is 0 Å². The number of methoxy groups -OCH3 is 1. The van der Waals surface area contributed by atoms with Crippen molar-refractivity contribution < 1.29 is 63.2 Å². The molecule has 7 rings (SSSR count). The first-order valence-electron chi connectivity index (χ1n) is 19.9. The predicted molar refractivity (Wildman–Crippen MR) is 189 cm³/mol. The van der Waals surface area contributed by atoms with Gasteiger partial charge < -0.3 is 53.6 Å². The van der Waals surface area contributed by atoms with Crippen LogP contribution in [0.25, 0.3) is 0 Å². The van der Waals surface area contributed by atoms with Crippen LogP contribution in [0.4, 0.5) is 0 Å². The van der Waals surface area contributed by atoms with Gasteiger partial charge in [-0.2, -0.15) is 0 Å². The highest BCUT2D eigenvalue weighted by Crippen LogP contribution is 2.43. The van der Waals surface area contributed by atoms with E-state index in [-0.39, 0.29) is 79.9 Å². The van der Waals surface area contributed by atoms with Gasteiger partial charge in [0.25, 0.3) is 0 Å². The van der Waals surface area contributed by atoms with Crippen LogP contribution in [0.3, 0.4) is 0 Å². The molecule has 0 aliphatic carbocycles. The standard InChI is InChI=1S/C40H60O13/c1-19-11-26-7-9-29-20(2)12-25(48-29)6-5-22(42)15-33-35(45)39-40(53-33)36(46)38-30(52-39)10-8-27(50-38)13-23(43)14-28-32(17-31(49-26)21(19)3)51-34(37(28)47-4)16-24(44)18-41/h19,24-41,44-46H,2-3,5-18H2,1,4H3/t19-,24?,25?,26+,27?,28?,29?,30?,31?,32?,33-,34?,35?,36?,37-,38+,39?,40?/m1/s1. The van der Waals surface area contributed by atoms with E-state index in [0.717, 1.165) is 30.4 Å².